The van der Waals surface area contributed by atoms with Gasteiger partial charge in [-0.1, -0.05) is 12.8 Å². The van der Waals surface area contributed by atoms with Gasteiger partial charge in [0.25, 0.3) is 0 Å². The smallest absolute Gasteiger partial charge is 0.224 e. The molecule has 5 nitrogen and oxygen atoms in total. The van der Waals surface area contributed by atoms with Gasteiger partial charge >= 0.3 is 0 Å². The van der Waals surface area contributed by atoms with Crippen LogP contribution < -0.4 is 11.1 Å². The monoisotopic (exact) mass is 298 g/mol. The Bertz CT molecular complexity index is 382. The van der Waals surface area contributed by atoms with Gasteiger partial charge in [-0.05, 0) is 19.8 Å². The minimum Gasteiger partial charge on any atom is -0.355 e. The molecule has 18 heavy (non-hydrogen) atoms. The number of rotatable bonds is 4. The molecule has 0 bridgehead atoms. The molecule has 1 rings (SSSR count). The molecule has 3 N–H and O–H groups in total. The fourth-order valence-electron chi connectivity index (χ4n) is 2.27. The number of hydrogen-bond donors (Lipinski definition) is 2. The second-order valence-electron chi connectivity index (χ2n) is 5.23. The zero-order valence-electron chi connectivity index (χ0n) is 10.9. The summed E-state index contributed by atoms with van der Waals surface area (Å²) in [6, 6.07) is 0. The van der Waals surface area contributed by atoms with E-state index >= 15 is 0 Å². The lowest BCUT2D eigenvalue weighted by Gasteiger charge is -2.37. The van der Waals surface area contributed by atoms with Crippen LogP contribution in [0.25, 0.3) is 0 Å². The average Bonchev–Trinajstić information content (AvgIpc) is 2.14. The van der Waals surface area contributed by atoms with Crippen LogP contribution >= 0.6 is 12.4 Å². The third-order valence-electron chi connectivity index (χ3n) is 3.34. The van der Waals surface area contributed by atoms with Gasteiger partial charge in [-0.15, -0.1) is 12.4 Å². The Labute approximate surface area is 115 Å². The van der Waals surface area contributed by atoms with E-state index in [0.29, 0.717) is 0 Å². The Balaban J connectivity index is 0.00000289. The molecule has 0 aromatic carbocycles. The first kappa shape index (κ1) is 17.7. The first-order valence-corrected chi connectivity index (χ1v) is 8.03. The molecule has 0 saturated heterocycles. The second-order valence-corrected chi connectivity index (χ2v) is 7.48. The maximum absolute atomic E-state index is 11.9. The first-order valence-electron chi connectivity index (χ1n) is 5.97. The minimum atomic E-state index is -3.03. The van der Waals surface area contributed by atoms with Crippen molar-refractivity contribution in [2.45, 2.75) is 38.1 Å². The zero-order valence-corrected chi connectivity index (χ0v) is 12.6. The Morgan fingerprint density at radius 3 is 2.56 bits per heavy atom. The number of amides is 1. The molecule has 1 saturated carbocycles. The van der Waals surface area contributed by atoms with Crippen molar-refractivity contribution in [1.82, 2.24) is 5.32 Å². The summed E-state index contributed by atoms with van der Waals surface area (Å²) in [7, 11) is -3.03. The van der Waals surface area contributed by atoms with Crippen LogP contribution in [0, 0.1) is 5.92 Å². The van der Waals surface area contributed by atoms with Crippen LogP contribution in [0.3, 0.4) is 0 Å². The topological polar surface area (TPSA) is 89.3 Å². The summed E-state index contributed by atoms with van der Waals surface area (Å²) in [6.45, 7) is 2.07. The third kappa shape index (κ3) is 5.54. The van der Waals surface area contributed by atoms with Crippen molar-refractivity contribution in [3.05, 3.63) is 0 Å². The highest BCUT2D eigenvalue weighted by Gasteiger charge is 2.37. The maximum Gasteiger partial charge on any atom is 0.224 e. The van der Waals surface area contributed by atoms with Crippen molar-refractivity contribution in [3.8, 4) is 0 Å². The Hall–Kier alpha value is -0.330. The lowest BCUT2D eigenvalue weighted by molar-refractivity contribution is -0.127. The molecule has 0 spiro atoms. The summed E-state index contributed by atoms with van der Waals surface area (Å²) in [5, 5.41) is 2.67. The molecule has 1 amide bonds. The standard InChI is InChI=1S/C11H22N2O3S.ClH/c1-11(12)6-4-3-5-9(11)10(14)13-7-8-17(2,15)16;/h9H,3-8,12H2,1-2H3,(H,13,14);1H. The number of carbonyl (C=O) groups is 1. The van der Waals surface area contributed by atoms with Crippen LogP contribution in [0.1, 0.15) is 32.6 Å². The molecule has 0 radical (unpaired) electrons. The summed E-state index contributed by atoms with van der Waals surface area (Å²) in [5.41, 5.74) is 5.64. The summed E-state index contributed by atoms with van der Waals surface area (Å²) < 4.78 is 21.9. The van der Waals surface area contributed by atoms with Gasteiger partial charge in [0.05, 0.1) is 11.7 Å². The van der Waals surface area contributed by atoms with Crippen LogP contribution in [-0.2, 0) is 14.6 Å². The van der Waals surface area contributed by atoms with Crippen molar-refractivity contribution in [2.24, 2.45) is 11.7 Å². The average molecular weight is 299 g/mol. The van der Waals surface area contributed by atoms with Gasteiger partial charge in [0.2, 0.25) is 5.91 Å². The molecule has 7 heteroatoms. The first-order chi connectivity index (χ1) is 7.72. The maximum atomic E-state index is 11.9. The predicted molar refractivity (Wildman–Crippen MR) is 74.5 cm³/mol. The van der Waals surface area contributed by atoms with Gasteiger partial charge in [-0.2, -0.15) is 0 Å². The lowest BCUT2D eigenvalue weighted by Crippen LogP contribution is -2.53. The highest BCUT2D eigenvalue weighted by atomic mass is 35.5. The van der Waals surface area contributed by atoms with Gasteiger partial charge in [0.1, 0.15) is 9.84 Å². The van der Waals surface area contributed by atoms with Crippen LogP contribution in [0.15, 0.2) is 0 Å². The van der Waals surface area contributed by atoms with E-state index in [-0.39, 0.29) is 36.5 Å². The normalized spacial score (nSPS) is 28.3. The lowest BCUT2D eigenvalue weighted by atomic mass is 9.74. The Kier molecular flexibility index (Phi) is 6.60. The van der Waals surface area contributed by atoms with Crippen molar-refractivity contribution in [2.75, 3.05) is 18.6 Å². The van der Waals surface area contributed by atoms with Gasteiger partial charge < -0.3 is 11.1 Å². The molecule has 1 fully saturated rings. The highest BCUT2D eigenvalue weighted by molar-refractivity contribution is 7.90. The Morgan fingerprint density at radius 1 is 1.44 bits per heavy atom. The molecular formula is C11H23ClN2O3S. The second kappa shape index (κ2) is 6.73. The zero-order chi connectivity index (χ0) is 13.1. The van der Waals surface area contributed by atoms with E-state index in [4.69, 9.17) is 5.73 Å². The minimum absolute atomic E-state index is 0. The van der Waals surface area contributed by atoms with Crippen LogP contribution in [0.5, 0.6) is 0 Å². The van der Waals surface area contributed by atoms with Crippen LogP contribution in [-0.4, -0.2) is 38.4 Å². The fourth-order valence-corrected chi connectivity index (χ4v) is 2.74. The van der Waals surface area contributed by atoms with E-state index in [1.165, 1.54) is 0 Å². The molecule has 1 aliphatic rings. The molecule has 0 aromatic heterocycles. The van der Waals surface area contributed by atoms with Crippen LogP contribution in [0.2, 0.25) is 0 Å². The molecule has 108 valence electrons. The van der Waals surface area contributed by atoms with E-state index in [0.717, 1.165) is 31.9 Å². The summed E-state index contributed by atoms with van der Waals surface area (Å²) in [5.74, 6) is -0.332. The summed E-state index contributed by atoms with van der Waals surface area (Å²) >= 11 is 0. The van der Waals surface area contributed by atoms with Gasteiger partial charge in [0.15, 0.2) is 0 Å². The fraction of sp³-hybridized carbons (Fsp3) is 0.909. The molecule has 0 aromatic rings. The Morgan fingerprint density at radius 2 is 2.06 bits per heavy atom. The van der Waals surface area contributed by atoms with E-state index in [1.54, 1.807) is 0 Å². The molecule has 1 aliphatic carbocycles. The van der Waals surface area contributed by atoms with Gasteiger partial charge in [-0.25, -0.2) is 8.42 Å². The quantitative estimate of drug-likeness (QED) is 0.790. The number of nitrogens with one attached hydrogen (secondary N) is 1. The van der Waals surface area contributed by atoms with Gasteiger partial charge in [-0.3, -0.25) is 4.79 Å². The molecule has 2 unspecified atom stereocenters. The number of hydrogen-bond acceptors (Lipinski definition) is 4. The molecule has 0 aliphatic heterocycles. The number of nitrogens with two attached hydrogens (primary N) is 1. The van der Waals surface area contributed by atoms with E-state index in [2.05, 4.69) is 5.32 Å². The molecule has 0 heterocycles. The summed E-state index contributed by atoms with van der Waals surface area (Å²) in [4.78, 5) is 11.9. The SMILES string of the molecule is CC1(N)CCCCC1C(=O)NCCS(C)(=O)=O.Cl. The number of halogens is 1. The number of carbonyl (C=O) groups excluding carboxylic acids is 1. The van der Waals surface area contributed by atoms with E-state index < -0.39 is 15.4 Å². The molecular weight excluding hydrogens is 276 g/mol. The van der Waals surface area contributed by atoms with Crippen molar-refractivity contribution in [1.29, 1.82) is 0 Å². The molecule has 2 atom stereocenters. The van der Waals surface area contributed by atoms with Gasteiger partial charge in [0, 0.05) is 18.3 Å². The predicted octanol–water partition coefficient (Wildman–Crippen LogP) is 0.477. The van der Waals surface area contributed by atoms with E-state index in [9.17, 15) is 13.2 Å². The van der Waals surface area contributed by atoms with Crippen molar-refractivity contribution >= 4 is 28.2 Å². The highest BCUT2D eigenvalue weighted by Crippen LogP contribution is 2.31. The van der Waals surface area contributed by atoms with E-state index in [1.807, 2.05) is 6.92 Å². The van der Waals surface area contributed by atoms with Crippen molar-refractivity contribution in [3.63, 3.8) is 0 Å². The largest absolute Gasteiger partial charge is 0.355 e. The third-order valence-corrected chi connectivity index (χ3v) is 4.29. The van der Waals surface area contributed by atoms with Crippen molar-refractivity contribution < 1.29 is 13.2 Å². The van der Waals surface area contributed by atoms with Crippen LogP contribution in [0.4, 0.5) is 0 Å². The summed E-state index contributed by atoms with van der Waals surface area (Å²) in [6.07, 6.45) is 4.86. The number of sulfone groups is 1.